The van der Waals surface area contributed by atoms with Gasteiger partial charge in [0.25, 0.3) is 5.56 Å². The molecule has 0 unspecified atom stereocenters. The SMILES string of the molecule is CCCn1c(=O)c2sc(N3CCCC3)nc2n(CC(=O)Nc2ccccc2C(=O)OC)c1=O. The number of nitrogens with one attached hydrogen (secondary N) is 1. The number of hydrogen-bond donors (Lipinski definition) is 1. The molecule has 2 aromatic heterocycles. The van der Waals surface area contributed by atoms with Crippen molar-refractivity contribution in [3.8, 4) is 0 Å². The minimum absolute atomic E-state index is 0.201. The first-order valence-electron chi connectivity index (χ1n) is 10.8. The van der Waals surface area contributed by atoms with Gasteiger partial charge in [-0.3, -0.25) is 18.7 Å². The molecule has 0 atom stereocenters. The zero-order valence-electron chi connectivity index (χ0n) is 18.5. The third-order valence-electron chi connectivity index (χ3n) is 5.49. The Morgan fingerprint density at radius 3 is 2.58 bits per heavy atom. The van der Waals surface area contributed by atoms with Crippen LogP contribution in [0.4, 0.5) is 10.8 Å². The Balaban J connectivity index is 1.73. The zero-order chi connectivity index (χ0) is 23.5. The van der Waals surface area contributed by atoms with E-state index in [2.05, 4.69) is 15.2 Å². The molecular weight excluding hydrogens is 446 g/mol. The maximum Gasteiger partial charge on any atom is 0.339 e. The number of methoxy groups -OCH3 is 1. The number of carbonyl (C=O) groups is 2. The number of thiazole rings is 1. The van der Waals surface area contributed by atoms with Crippen LogP contribution < -0.4 is 21.5 Å². The second-order valence-electron chi connectivity index (χ2n) is 7.75. The fourth-order valence-corrected chi connectivity index (χ4v) is 4.96. The number of benzene rings is 1. The van der Waals surface area contributed by atoms with E-state index in [9.17, 15) is 19.2 Å². The van der Waals surface area contributed by atoms with Crippen molar-refractivity contribution in [2.75, 3.05) is 30.4 Å². The highest BCUT2D eigenvalue weighted by Gasteiger charge is 2.23. The molecule has 0 bridgehead atoms. The molecule has 3 aromatic rings. The molecule has 1 aliphatic heterocycles. The molecule has 174 valence electrons. The first kappa shape index (κ1) is 22.7. The van der Waals surface area contributed by atoms with Crippen LogP contribution in [-0.2, 0) is 22.6 Å². The first-order valence-corrected chi connectivity index (χ1v) is 11.6. The molecule has 1 amide bonds. The molecular formula is C22H25N5O5S. The van der Waals surface area contributed by atoms with Crippen LogP contribution in [-0.4, -0.2) is 46.2 Å². The summed E-state index contributed by atoms with van der Waals surface area (Å²) in [6.45, 7) is 3.46. The smallest absolute Gasteiger partial charge is 0.339 e. The lowest BCUT2D eigenvalue weighted by molar-refractivity contribution is -0.116. The zero-order valence-corrected chi connectivity index (χ0v) is 19.3. The van der Waals surface area contributed by atoms with Crippen LogP contribution in [0.3, 0.4) is 0 Å². The van der Waals surface area contributed by atoms with Crippen molar-refractivity contribution in [2.24, 2.45) is 0 Å². The summed E-state index contributed by atoms with van der Waals surface area (Å²) < 4.78 is 7.51. The number of ether oxygens (including phenoxy) is 1. The summed E-state index contributed by atoms with van der Waals surface area (Å²) in [5.41, 5.74) is -0.277. The van der Waals surface area contributed by atoms with Crippen LogP contribution in [0, 0.1) is 0 Å². The number of rotatable bonds is 7. The third kappa shape index (κ3) is 4.40. The molecule has 1 saturated heterocycles. The maximum atomic E-state index is 13.2. The number of anilines is 2. The lowest BCUT2D eigenvalue weighted by Crippen LogP contribution is -2.41. The van der Waals surface area contributed by atoms with E-state index in [0.717, 1.165) is 30.5 Å². The van der Waals surface area contributed by atoms with Crippen molar-refractivity contribution in [3.63, 3.8) is 0 Å². The van der Waals surface area contributed by atoms with Crippen LogP contribution >= 0.6 is 11.3 Å². The Morgan fingerprint density at radius 1 is 1.15 bits per heavy atom. The molecule has 4 rings (SSSR count). The number of hydrogen-bond acceptors (Lipinski definition) is 8. The standard InChI is InChI=1S/C22H25N5O5S/c1-3-10-26-19(29)17-18(24-21(33-17)25-11-6-7-12-25)27(22(26)31)13-16(28)23-15-9-5-4-8-14(15)20(30)32-2/h4-5,8-9H,3,6-7,10-13H2,1-2H3,(H,23,28). The molecule has 1 N–H and O–H groups in total. The van der Waals surface area contributed by atoms with E-state index in [1.54, 1.807) is 18.2 Å². The highest BCUT2D eigenvalue weighted by atomic mass is 32.1. The topological polar surface area (TPSA) is 116 Å². The molecule has 10 nitrogen and oxygen atoms in total. The van der Waals surface area contributed by atoms with Crippen molar-refractivity contribution < 1.29 is 14.3 Å². The van der Waals surface area contributed by atoms with Gasteiger partial charge in [0.2, 0.25) is 5.91 Å². The van der Waals surface area contributed by atoms with E-state index in [1.165, 1.54) is 29.1 Å². The largest absolute Gasteiger partial charge is 0.465 e. The monoisotopic (exact) mass is 471 g/mol. The molecule has 1 fully saturated rings. The number of nitrogens with zero attached hydrogens (tertiary/aromatic N) is 4. The van der Waals surface area contributed by atoms with Crippen molar-refractivity contribution in [3.05, 3.63) is 50.7 Å². The Bertz CT molecular complexity index is 1320. The van der Waals surface area contributed by atoms with Crippen LogP contribution in [0.25, 0.3) is 10.3 Å². The Labute approximate surface area is 193 Å². The fourth-order valence-electron chi connectivity index (χ4n) is 3.89. The van der Waals surface area contributed by atoms with E-state index in [4.69, 9.17) is 4.74 Å². The lowest BCUT2D eigenvalue weighted by Gasteiger charge is -2.13. The van der Waals surface area contributed by atoms with E-state index in [-0.39, 0.29) is 35.5 Å². The van der Waals surface area contributed by atoms with Crippen molar-refractivity contribution in [1.29, 1.82) is 0 Å². The van der Waals surface area contributed by atoms with Gasteiger partial charge in [0, 0.05) is 19.6 Å². The summed E-state index contributed by atoms with van der Waals surface area (Å²) in [7, 11) is 1.26. The average molecular weight is 472 g/mol. The normalized spacial score (nSPS) is 13.5. The molecule has 11 heteroatoms. The van der Waals surface area contributed by atoms with Gasteiger partial charge in [-0.2, -0.15) is 0 Å². The molecule has 1 aromatic carbocycles. The average Bonchev–Trinajstić information content (AvgIpc) is 3.49. The Hall–Kier alpha value is -3.47. The van der Waals surface area contributed by atoms with Crippen LogP contribution in [0.2, 0.25) is 0 Å². The highest BCUT2D eigenvalue weighted by molar-refractivity contribution is 7.22. The molecule has 0 saturated carbocycles. The molecule has 1 aliphatic rings. The van der Waals surface area contributed by atoms with E-state index < -0.39 is 17.6 Å². The van der Waals surface area contributed by atoms with Crippen LogP contribution in [0.1, 0.15) is 36.5 Å². The first-order chi connectivity index (χ1) is 15.9. The number of fused-ring (bicyclic) bond motifs is 1. The van der Waals surface area contributed by atoms with Gasteiger partial charge >= 0.3 is 11.7 Å². The predicted molar refractivity (Wildman–Crippen MR) is 126 cm³/mol. The second-order valence-corrected chi connectivity index (χ2v) is 8.73. The van der Waals surface area contributed by atoms with E-state index >= 15 is 0 Å². The van der Waals surface area contributed by atoms with Gasteiger partial charge in [-0.05, 0) is 31.4 Å². The summed E-state index contributed by atoms with van der Waals surface area (Å²) in [6.07, 6.45) is 2.69. The number of carbonyl (C=O) groups excluding carboxylic acids is 2. The van der Waals surface area contributed by atoms with Gasteiger partial charge in [0.15, 0.2) is 10.8 Å². The molecule has 0 spiro atoms. The van der Waals surface area contributed by atoms with Crippen LogP contribution in [0.5, 0.6) is 0 Å². The molecule has 3 heterocycles. The minimum Gasteiger partial charge on any atom is -0.465 e. The molecule has 0 radical (unpaired) electrons. The minimum atomic E-state index is -0.586. The number of para-hydroxylation sites is 1. The van der Waals surface area contributed by atoms with Crippen molar-refractivity contribution >= 4 is 44.4 Å². The predicted octanol–water partition coefficient (Wildman–Crippen LogP) is 2.06. The Kier molecular flexibility index (Phi) is 6.59. The van der Waals surface area contributed by atoms with Gasteiger partial charge in [0.05, 0.1) is 18.4 Å². The summed E-state index contributed by atoms with van der Waals surface area (Å²) in [4.78, 5) is 57.7. The summed E-state index contributed by atoms with van der Waals surface area (Å²) in [5, 5.41) is 3.35. The number of esters is 1. The molecule has 33 heavy (non-hydrogen) atoms. The maximum absolute atomic E-state index is 13.2. The third-order valence-corrected chi connectivity index (χ3v) is 6.58. The van der Waals surface area contributed by atoms with Gasteiger partial charge in [-0.15, -0.1) is 0 Å². The summed E-state index contributed by atoms with van der Waals surface area (Å²) in [6, 6.07) is 6.45. The van der Waals surface area contributed by atoms with Gasteiger partial charge < -0.3 is 15.0 Å². The van der Waals surface area contributed by atoms with Crippen LogP contribution in [0.15, 0.2) is 33.9 Å². The quantitative estimate of drug-likeness (QED) is 0.525. The Morgan fingerprint density at radius 2 is 1.88 bits per heavy atom. The number of amides is 1. The summed E-state index contributed by atoms with van der Waals surface area (Å²) >= 11 is 1.25. The molecule has 0 aliphatic carbocycles. The number of aromatic nitrogens is 3. The van der Waals surface area contributed by atoms with E-state index in [1.807, 2.05) is 6.92 Å². The highest BCUT2D eigenvalue weighted by Crippen LogP contribution is 2.28. The van der Waals surface area contributed by atoms with Crippen molar-refractivity contribution in [1.82, 2.24) is 14.1 Å². The lowest BCUT2D eigenvalue weighted by atomic mass is 10.2. The van der Waals surface area contributed by atoms with E-state index in [0.29, 0.717) is 16.3 Å². The van der Waals surface area contributed by atoms with Gasteiger partial charge in [0.1, 0.15) is 11.2 Å². The fraction of sp³-hybridized carbons (Fsp3) is 0.409. The van der Waals surface area contributed by atoms with Crippen molar-refractivity contribution in [2.45, 2.75) is 39.3 Å². The van der Waals surface area contributed by atoms with Gasteiger partial charge in [-0.25, -0.2) is 14.6 Å². The second kappa shape index (κ2) is 9.57. The summed E-state index contributed by atoms with van der Waals surface area (Å²) in [5.74, 6) is -1.11. The van der Waals surface area contributed by atoms with Gasteiger partial charge in [-0.1, -0.05) is 30.4 Å².